The normalized spacial score (nSPS) is 22.8. The molecule has 0 radical (unpaired) electrons. The van der Waals surface area contributed by atoms with Crippen molar-refractivity contribution in [2.24, 2.45) is 0 Å². The maximum atomic E-state index is 12.5. The number of thioether (sulfide) groups is 1. The Bertz CT molecular complexity index is 692. The fourth-order valence-corrected chi connectivity index (χ4v) is 4.31. The number of amides is 1. The van der Waals surface area contributed by atoms with E-state index in [4.69, 9.17) is 21.1 Å². The lowest BCUT2D eigenvalue weighted by atomic mass is 10.0. The summed E-state index contributed by atoms with van der Waals surface area (Å²) in [6.45, 7) is 0.121. The Kier molecular flexibility index (Phi) is 5.03. The van der Waals surface area contributed by atoms with E-state index in [0.29, 0.717) is 5.75 Å². The zero-order valence-corrected chi connectivity index (χ0v) is 14.7. The van der Waals surface area contributed by atoms with Crippen molar-refractivity contribution >= 4 is 35.2 Å². The number of carbonyl (C=O) groups excluding carboxylic acids is 2. The fraction of sp³-hybridized carbons (Fsp3) is 0.375. The third kappa shape index (κ3) is 2.99. The quantitative estimate of drug-likeness (QED) is 0.470. The van der Waals surface area contributed by atoms with Crippen LogP contribution in [0.3, 0.4) is 0 Å². The third-order valence-electron chi connectivity index (χ3n) is 4.04. The standard InChI is InChI=1S/C16H17ClN2O4S/c1-22-11-4-2-9(3-5-11)7-23-16(21)13-10(6-17)8-24-15-12(18)14(20)19(13)15/h2-5,12,15H,6-8,18H2,1H3/p+1/t12-,15+/m0/s1. The number of β-lactam (4-membered cyclic amide) rings is 1. The molecule has 2 heterocycles. The van der Waals surface area contributed by atoms with Crippen molar-refractivity contribution in [2.75, 3.05) is 18.7 Å². The average molecular weight is 370 g/mol. The van der Waals surface area contributed by atoms with E-state index in [2.05, 4.69) is 5.73 Å². The molecule has 0 aromatic heterocycles. The Labute approximate surface area is 148 Å². The third-order valence-corrected chi connectivity index (χ3v) is 5.76. The number of ether oxygens (including phenoxy) is 2. The van der Waals surface area contributed by atoms with E-state index in [0.717, 1.165) is 16.9 Å². The maximum absolute atomic E-state index is 12.5. The second kappa shape index (κ2) is 7.04. The summed E-state index contributed by atoms with van der Waals surface area (Å²) >= 11 is 7.52. The van der Waals surface area contributed by atoms with Crippen molar-refractivity contribution in [3.63, 3.8) is 0 Å². The van der Waals surface area contributed by atoms with Crippen LogP contribution in [0.4, 0.5) is 0 Å². The molecule has 1 aromatic rings. The molecule has 6 nitrogen and oxygen atoms in total. The van der Waals surface area contributed by atoms with Gasteiger partial charge in [-0.15, -0.1) is 23.4 Å². The predicted octanol–water partition coefficient (Wildman–Crippen LogP) is 0.757. The van der Waals surface area contributed by atoms with Gasteiger partial charge in [0.15, 0.2) is 6.04 Å². The minimum absolute atomic E-state index is 0.104. The van der Waals surface area contributed by atoms with Crippen molar-refractivity contribution in [2.45, 2.75) is 18.0 Å². The fourth-order valence-electron chi connectivity index (χ4n) is 2.66. The molecular formula is C16H18ClN2O4S+. The summed E-state index contributed by atoms with van der Waals surface area (Å²) in [6, 6.07) is 6.92. The number of fused-ring (bicyclic) bond motifs is 1. The number of quaternary nitrogens is 1. The highest BCUT2D eigenvalue weighted by Gasteiger charge is 2.54. The van der Waals surface area contributed by atoms with Crippen molar-refractivity contribution in [1.82, 2.24) is 4.90 Å². The Balaban J connectivity index is 1.72. The van der Waals surface area contributed by atoms with Gasteiger partial charge in [-0.25, -0.2) is 4.79 Å². The van der Waals surface area contributed by atoms with Crippen LogP contribution < -0.4 is 10.5 Å². The number of rotatable bonds is 5. The molecule has 2 atom stereocenters. The second-order valence-corrected chi connectivity index (χ2v) is 6.90. The summed E-state index contributed by atoms with van der Waals surface area (Å²) < 4.78 is 10.5. The van der Waals surface area contributed by atoms with Crippen LogP contribution in [0.15, 0.2) is 35.5 Å². The largest absolute Gasteiger partial charge is 0.497 e. The first-order valence-corrected chi connectivity index (χ1v) is 9.01. The van der Waals surface area contributed by atoms with Gasteiger partial charge in [-0.05, 0) is 23.3 Å². The minimum Gasteiger partial charge on any atom is -0.497 e. The highest BCUT2D eigenvalue weighted by atomic mass is 35.5. The molecule has 0 spiro atoms. The van der Waals surface area contributed by atoms with Crippen molar-refractivity contribution in [3.8, 4) is 5.75 Å². The summed E-state index contributed by atoms with van der Waals surface area (Å²) in [4.78, 5) is 26.1. The van der Waals surface area contributed by atoms with Crippen LogP contribution in [0.5, 0.6) is 5.75 Å². The molecule has 0 unspecified atom stereocenters. The lowest BCUT2D eigenvalue weighted by Crippen LogP contribution is -2.83. The zero-order chi connectivity index (χ0) is 17.3. The first kappa shape index (κ1) is 17.1. The smallest absolute Gasteiger partial charge is 0.355 e. The highest BCUT2D eigenvalue weighted by Crippen LogP contribution is 2.39. The first-order valence-electron chi connectivity index (χ1n) is 7.42. The van der Waals surface area contributed by atoms with Gasteiger partial charge in [-0.2, -0.15) is 0 Å². The Morgan fingerprint density at radius 3 is 2.75 bits per heavy atom. The topological polar surface area (TPSA) is 83.5 Å². The van der Waals surface area contributed by atoms with Gasteiger partial charge in [0.1, 0.15) is 23.4 Å². The van der Waals surface area contributed by atoms with Crippen LogP contribution in [0, 0.1) is 0 Å². The average Bonchev–Trinajstić information content (AvgIpc) is 2.64. The highest BCUT2D eigenvalue weighted by molar-refractivity contribution is 8.00. The summed E-state index contributed by atoms with van der Waals surface area (Å²) in [5.41, 5.74) is 5.67. The summed E-state index contributed by atoms with van der Waals surface area (Å²) in [7, 11) is 1.59. The first-order chi connectivity index (χ1) is 11.6. The Morgan fingerprint density at radius 2 is 2.12 bits per heavy atom. The molecule has 1 fully saturated rings. The molecule has 0 bridgehead atoms. The van der Waals surface area contributed by atoms with Crippen LogP contribution in [0.25, 0.3) is 0 Å². The van der Waals surface area contributed by atoms with Gasteiger partial charge in [-0.3, -0.25) is 9.69 Å². The maximum Gasteiger partial charge on any atom is 0.355 e. The van der Waals surface area contributed by atoms with E-state index in [-0.39, 0.29) is 35.5 Å². The van der Waals surface area contributed by atoms with E-state index in [1.54, 1.807) is 31.0 Å². The number of hydrogen-bond donors (Lipinski definition) is 1. The van der Waals surface area contributed by atoms with Crippen molar-refractivity contribution < 1.29 is 24.8 Å². The summed E-state index contributed by atoms with van der Waals surface area (Å²) in [5.74, 6) is 0.852. The molecule has 3 N–H and O–H groups in total. The van der Waals surface area contributed by atoms with Crippen LogP contribution in [-0.4, -0.2) is 46.9 Å². The number of nitrogens with zero attached hydrogens (tertiary/aromatic N) is 1. The molecule has 1 saturated heterocycles. The van der Waals surface area contributed by atoms with E-state index in [9.17, 15) is 9.59 Å². The molecule has 8 heteroatoms. The number of alkyl halides is 1. The molecule has 24 heavy (non-hydrogen) atoms. The van der Waals surface area contributed by atoms with Gasteiger partial charge in [0.2, 0.25) is 0 Å². The van der Waals surface area contributed by atoms with E-state index in [1.807, 2.05) is 12.1 Å². The van der Waals surface area contributed by atoms with Crippen molar-refractivity contribution in [1.29, 1.82) is 0 Å². The number of esters is 1. The van der Waals surface area contributed by atoms with Gasteiger partial charge in [0.05, 0.1) is 7.11 Å². The van der Waals surface area contributed by atoms with Gasteiger partial charge >= 0.3 is 5.97 Å². The minimum atomic E-state index is -0.521. The Morgan fingerprint density at radius 1 is 1.42 bits per heavy atom. The number of methoxy groups -OCH3 is 1. The molecule has 0 aliphatic carbocycles. The van der Waals surface area contributed by atoms with Gasteiger partial charge < -0.3 is 15.2 Å². The van der Waals surface area contributed by atoms with Crippen LogP contribution in [0.2, 0.25) is 0 Å². The molecule has 3 rings (SSSR count). The van der Waals surface area contributed by atoms with E-state index in [1.165, 1.54) is 4.90 Å². The molecule has 2 aliphatic rings. The molecule has 128 valence electrons. The van der Waals surface area contributed by atoms with Gasteiger partial charge in [-0.1, -0.05) is 12.1 Å². The van der Waals surface area contributed by atoms with Crippen LogP contribution in [0.1, 0.15) is 5.56 Å². The molecular weight excluding hydrogens is 352 g/mol. The van der Waals surface area contributed by atoms with Gasteiger partial charge in [0, 0.05) is 11.6 Å². The van der Waals surface area contributed by atoms with E-state index < -0.39 is 5.97 Å². The summed E-state index contributed by atoms with van der Waals surface area (Å²) in [5, 5.41) is -0.104. The molecule has 0 saturated carbocycles. The molecule has 1 aromatic carbocycles. The monoisotopic (exact) mass is 369 g/mol. The van der Waals surface area contributed by atoms with Crippen molar-refractivity contribution in [3.05, 3.63) is 41.1 Å². The number of halogens is 1. The van der Waals surface area contributed by atoms with Crippen LogP contribution in [-0.2, 0) is 20.9 Å². The predicted molar refractivity (Wildman–Crippen MR) is 90.3 cm³/mol. The molecule has 2 aliphatic heterocycles. The van der Waals surface area contributed by atoms with E-state index >= 15 is 0 Å². The zero-order valence-electron chi connectivity index (χ0n) is 13.2. The Hall–Kier alpha value is -1.70. The number of benzene rings is 1. The van der Waals surface area contributed by atoms with Crippen LogP contribution >= 0.6 is 23.4 Å². The lowest BCUT2D eigenvalue weighted by Gasteiger charge is -2.45. The lowest BCUT2D eigenvalue weighted by molar-refractivity contribution is -0.423. The number of hydrogen-bond acceptors (Lipinski definition) is 5. The van der Waals surface area contributed by atoms with Gasteiger partial charge in [0.25, 0.3) is 5.91 Å². The number of carbonyl (C=O) groups is 2. The molecule has 1 amide bonds. The summed E-state index contributed by atoms with van der Waals surface area (Å²) in [6.07, 6.45) is 0. The SMILES string of the molecule is COc1ccc(COC(=O)C2=C(CCl)CS[C@@H]3[C@@H]([NH3+])C(=O)N23)cc1. The second-order valence-electron chi connectivity index (χ2n) is 5.53.